The number of carbonyl (C=O) groups is 1. The molecule has 0 aliphatic heterocycles. The van der Waals surface area contributed by atoms with Gasteiger partial charge >= 0.3 is 0 Å². The fourth-order valence-corrected chi connectivity index (χ4v) is 1.97. The van der Waals surface area contributed by atoms with Crippen LogP contribution in [0.2, 0.25) is 0 Å². The van der Waals surface area contributed by atoms with Crippen molar-refractivity contribution in [3.63, 3.8) is 0 Å². The standard InChI is InChI=1S/C14H14N6O/c15-7-14(21)17-8-11-9-20(19-18-11)12-3-4-13-10(6-12)2-1-5-16-13/h1-6,9H,7-8,15H2,(H,17,21). The summed E-state index contributed by atoms with van der Waals surface area (Å²) in [5, 5.41) is 11.8. The lowest BCUT2D eigenvalue weighted by Gasteiger charge is -2.02. The van der Waals surface area contributed by atoms with Crippen LogP contribution in [-0.2, 0) is 11.3 Å². The third-order valence-corrected chi connectivity index (χ3v) is 3.04. The molecule has 0 radical (unpaired) electrons. The van der Waals surface area contributed by atoms with Gasteiger partial charge in [0.25, 0.3) is 0 Å². The fourth-order valence-electron chi connectivity index (χ4n) is 1.97. The first-order valence-corrected chi connectivity index (χ1v) is 6.49. The van der Waals surface area contributed by atoms with Gasteiger partial charge in [-0.1, -0.05) is 11.3 Å². The molecule has 21 heavy (non-hydrogen) atoms. The lowest BCUT2D eigenvalue weighted by molar-refractivity contribution is -0.119. The van der Waals surface area contributed by atoms with E-state index in [-0.39, 0.29) is 12.5 Å². The molecular formula is C14H14N6O. The van der Waals surface area contributed by atoms with Gasteiger partial charge in [-0.25, -0.2) is 4.68 Å². The van der Waals surface area contributed by atoms with E-state index in [9.17, 15) is 4.79 Å². The Labute approximate surface area is 120 Å². The Hall–Kier alpha value is -2.80. The Balaban J connectivity index is 1.82. The van der Waals surface area contributed by atoms with E-state index in [1.165, 1.54) is 0 Å². The lowest BCUT2D eigenvalue weighted by atomic mass is 10.2. The Kier molecular flexibility index (Phi) is 3.57. The summed E-state index contributed by atoms with van der Waals surface area (Å²) in [7, 11) is 0. The highest BCUT2D eigenvalue weighted by Gasteiger charge is 2.05. The van der Waals surface area contributed by atoms with E-state index in [1.54, 1.807) is 17.1 Å². The zero-order valence-electron chi connectivity index (χ0n) is 11.2. The van der Waals surface area contributed by atoms with E-state index < -0.39 is 0 Å². The first-order chi connectivity index (χ1) is 10.3. The first-order valence-electron chi connectivity index (χ1n) is 6.49. The Morgan fingerprint density at radius 1 is 1.33 bits per heavy atom. The van der Waals surface area contributed by atoms with Crippen LogP contribution in [0.25, 0.3) is 16.6 Å². The van der Waals surface area contributed by atoms with Gasteiger partial charge in [0.2, 0.25) is 5.91 Å². The van der Waals surface area contributed by atoms with E-state index in [0.717, 1.165) is 16.6 Å². The predicted octanol–water partition coefficient (Wildman–Crippen LogP) is 0.390. The first kappa shape index (κ1) is 13.2. The maximum absolute atomic E-state index is 11.1. The van der Waals surface area contributed by atoms with Gasteiger partial charge < -0.3 is 11.1 Å². The Morgan fingerprint density at radius 3 is 3.10 bits per heavy atom. The minimum atomic E-state index is -0.221. The summed E-state index contributed by atoms with van der Waals surface area (Å²) >= 11 is 0. The smallest absolute Gasteiger partial charge is 0.234 e. The van der Waals surface area contributed by atoms with Crippen LogP contribution in [0.1, 0.15) is 5.69 Å². The molecule has 0 spiro atoms. The molecule has 0 aliphatic carbocycles. The van der Waals surface area contributed by atoms with Crippen molar-refractivity contribution in [2.75, 3.05) is 6.54 Å². The zero-order chi connectivity index (χ0) is 14.7. The molecule has 0 fully saturated rings. The van der Waals surface area contributed by atoms with Gasteiger partial charge in [-0.3, -0.25) is 9.78 Å². The van der Waals surface area contributed by atoms with Crippen LogP contribution in [0.4, 0.5) is 0 Å². The number of nitrogens with zero attached hydrogens (tertiary/aromatic N) is 4. The van der Waals surface area contributed by atoms with E-state index >= 15 is 0 Å². The highest BCUT2D eigenvalue weighted by molar-refractivity contribution is 5.80. The van der Waals surface area contributed by atoms with Crippen molar-refractivity contribution in [2.24, 2.45) is 5.73 Å². The number of nitrogens with two attached hydrogens (primary N) is 1. The van der Waals surface area contributed by atoms with E-state index in [2.05, 4.69) is 20.6 Å². The summed E-state index contributed by atoms with van der Waals surface area (Å²) in [5.41, 5.74) is 7.71. The third-order valence-electron chi connectivity index (χ3n) is 3.04. The van der Waals surface area contributed by atoms with Crippen LogP contribution >= 0.6 is 0 Å². The molecule has 0 atom stereocenters. The maximum atomic E-state index is 11.1. The molecule has 7 heteroatoms. The number of hydrogen-bond acceptors (Lipinski definition) is 5. The minimum Gasteiger partial charge on any atom is -0.349 e. The van der Waals surface area contributed by atoms with Gasteiger partial charge in [-0.05, 0) is 24.3 Å². The van der Waals surface area contributed by atoms with Crippen molar-refractivity contribution in [1.82, 2.24) is 25.3 Å². The third kappa shape index (κ3) is 2.87. The zero-order valence-corrected chi connectivity index (χ0v) is 11.2. The van der Waals surface area contributed by atoms with E-state index in [0.29, 0.717) is 12.2 Å². The van der Waals surface area contributed by atoms with Crippen LogP contribution in [0, 0.1) is 0 Å². The number of hydrogen-bond donors (Lipinski definition) is 2. The van der Waals surface area contributed by atoms with Crippen molar-refractivity contribution >= 4 is 16.8 Å². The average molecular weight is 282 g/mol. The summed E-state index contributed by atoms with van der Waals surface area (Å²) in [5.74, 6) is -0.221. The second-order valence-electron chi connectivity index (χ2n) is 4.52. The second kappa shape index (κ2) is 5.68. The molecule has 0 saturated carbocycles. The number of carbonyl (C=O) groups excluding carboxylic acids is 1. The highest BCUT2D eigenvalue weighted by Crippen LogP contribution is 2.15. The summed E-state index contributed by atoms with van der Waals surface area (Å²) in [6, 6.07) is 9.72. The van der Waals surface area contributed by atoms with E-state index in [4.69, 9.17) is 5.73 Å². The van der Waals surface area contributed by atoms with Crippen molar-refractivity contribution in [2.45, 2.75) is 6.54 Å². The lowest BCUT2D eigenvalue weighted by Crippen LogP contribution is -2.29. The fraction of sp³-hybridized carbons (Fsp3) is 0.143. The number of amides is 1. The predicted molar refractivity (Wildman–Crippen MR) is 77.6 cm³/mol. The molecule has 0 bridgehead atoms. The van der Waals surface area contributed by atoms with Crippen LogP contribution in [0.15, 0.2) is 42.7 Å². The highest BCUT2D eigenvalue weighted by atomic mass is 16.1. The summed E-state index contributed by atoms with van der Waals surface area (Å²) in [4.78, 5) is 15.4. The second-order valence-corrected chi connectivity index (χ2v) is 4.52. The van der Waals surface area contributed by atoms with Crippen LogP contribution in [0.3, 0.4) is 0 Å². The quantitative estimate of drug-likeness (QED) is 0.721. The monoisotopic (exact) mass is 282 g/mol. The molecule has 3 rings (SSSR count). The Bertz CT molecular complexity index is 782. The molecule has 3 N–H and O–H groups in total. The molecular weight excluding hydrogens is 268 g/mol. The van der Waals surface area contributed by atoms with Crippen molar-refractivity contribution in [3.05, 3.63) is 48.4 Å². The minimum absolute atomic E-state index is 0.0359. The number of benzene rings is 1. The molecule has 2 aromatic heterocycles. The van der Waals surface area contributed by atoms with Gasteiger partial charge in [-0.15, -0.1) is 5.10 Å². The topological polar surface area (TPSA) is 98.7 Å². The Morgan fingerprint density at radius 2 is 2.24 bits per heavy atom. The summed E-state index contributed by atoms with van der Waals surface area (Å²) in [6.07, 6.45) is 3.53. The molecule has 0 aliphatic rings. The number of fused-ring (bicyclic) bond motifs is 1. The molecule has 0 saturated heterocycles. The molecule has 1 amide bonds. The van der Waals surface area contributed by atoms with Crippen LogP contribution < -0.4 is 11.1 Å². The summed E-state index contributed by atoms with van der Waals surface area (Å²) < 4.78 is 1.66. The number of aromatic nitrogens is 4. The maximum Gasteiger partial charge on any atom is 0.234 e. The molecule has 0 unspecified atom stereocenters. The van der Waals surface area contributed by atoms with Crippen LogP contribution in [-0.4, -0.2) is 32.4 Å². The number of pyridine rings is 1. The number of nitrogens with one attached hydrogen (secondary N) is 1. The average Bonchev–Trinajstić information content (AvgIpc) is 3.01. The van der Waals surface area contributed by atoms with Gasteiger partial charge in [0.05, 0.1) is 30.5 Å². The van der Waals surface area contributed by atoms with E-state index in [1.807, 2.05) is 30.3 Å². The molecule has 3 aromatic rings. The van der Waals surface area contributed by atoms with Crippen LogP contribution in [0.5, 0.6) is 0 Å². The summed E-state index contributed by atoms with van der Waals surface area (Å²) in [6.45, 7) is 0.275. The largest absolute Gasteiger partial charge is 0.349 e. The normalized spacial score (nSPS) is 10.7. The molecule has 106 valence electrons. The van der Waals surface area contributed by atoms with Gasteiger partial charge in [0.1, 0.15) is 5.69 Å². The van der Waals surface area contributed by atoms with Gasteiger partial charge in [0.15, 0.2) is 0 Å². The van der Waals surface area contributed by atoms with Crippen molar-refractivity contribution in [3.8, 4) is 5.69 Å². The molecule has 2 heterocycles. The molecule has 1 aromatic carbocycles. The van der Waals surface area contributed by atoms with Crippen molar-refractivity contribution < 1.29 is 4.79 Å². The van der Waals surface area contributed by atoms with Gasteiger partial charge in [-0.2, -0.15) is 0 Å². The van der Waals surface area contributed by atoms with Crippen molar-refractivity contribution in [1.29, 1.82) is 0 Å². The number of rotatable bonds is 4. The molecule has 7 nitrogen and oxygen atoms in total. The SMILES string of the molecule is NCC(=O)NCc1cn(-c2ccc3ncccc3c2)nn1. The van der Waals surface area contributed by atoms with Gasteiger partial charge in [0, 0.05) is 11.6 Å².